The number of imidazole rings is 1. The number of aromatic nitrogens is 2. The van der Waals surface area contributed by atoms with Crippen molar-refractivity contribution in [1.82, 2.24) is 14.5 Å². The van der Waals surface area contributed by atoms with Crippen LogP contribution in [0.15, 0.2) is 54.6 Å². The van der Waals surface area contributed by atoms with Gasteiger partial charge in [-0.15, -0.1) is 0 Å². The summed E-state index contributed by atoms with van der Waals surface area (Å²) in [5.74, 6) is 1.89. The topological polar surface area (TPSA) is 30.3 Å². The summed E-state index contributed by atoms with van der Waals surface area (Å²) in [6.45, 7) is 9.59. The van der Waals surface area contributed by atoms with E-state index in [-0.39, 0.29) is 0 Å². The largest absolute Gasteiger partial charge is 0.486 e. The highest BCUT2D eigenvalue weighted by atomic mass is 16.5. The molecular weight excluding hydrogens is 358 g/mol. The summed E-state index contributed by atoms with van der Waals surface area (Å²) in [7, 11) is 0. The molecule has 0 fully saturated rings. The average molecular weight is 394 g/mol. The van der Waals surface area contributed by atoms with Crippen LogP contribution in [0.3, 0.4) is 0 Å². The van der Waals surface area contributed by atoms with Gasteiger partial charge in [0.15, 0.2) is 0 Å². The number of hydrogen-bond donors (Lipinski definition) is 0. The lowest BCUT2D eigenvalue weighted by Gasteiger charge is -2.22. The van der Waals surface area contributed by atoms with Crippen molar-refractivity contribution < 1.29 is 4.74 Å². The quantitative estimate of drug-likeness (QED) is 0.362. The molecule has 4 nitrogen and oxygen atoms in total. The van der Waals surface area contributed by atoms with E-state index in [2.05, 4.69) is 47.6 Å². The number of aryl methyl sites for hydroxylation is 1. The van der Waals surface area contributed by atoms with Gasteiger partial charge >= 0.3 is 0 Å². The fourth-order valence-electron chi connectivity index (χ4n) is 3.70. The Bertz CT molecular complexity index is 836. The van der Waals surface area contributed by atoms with Crippen molar-refractivity contribution in [2.75, 3.05) is 19.6 Å². The van der Waals surface area contributed by atoms with E-state index < -0.39 is 0 Å². The van der Waals surface area contributed by atoms with Crippen LogP contribution in [0.5, 0.6) is 5.75 Å². The maximum atomic E-state index is 6.00. The Kier molecular flexibility index (Phi) is 8.57. The fraction of sp³-hybridized carbons (Fsp3) is 0.480. The molecule has 3 rings (SSSR count). The molecule has 0 atom stereocenters. The standard InChI is InChI=1S/C25H35N3O/c1-3-5-17-27(18-6-4-2)19-12-20-28-24-16-11-10-15-23(24)26-25(28)21-29-22-13-8-7-9-14-22/h7-11,13-16H,3-6,12,17-21H2,1-2H3. The average Bonchev–Trinajstić information content (AvgIpc) is 3.12. The van der Waals surface area contributed by atoms with Crippen LogP contribution in [0.4, 0.5) is 0 Å². The van der Waals surface area contributed by atoms with Gasteiger partial charge in [-0.3, -0.25) is 0 Å². The molecule has 0 unspecified atom stereocenters. The molecule has 156 valence electrons. The summed E-state index contributed by atoms with van der Waals surface area (Å²) in [6.07, 6.45) is 6.22. The molecule has 1 aromatic heterocycles. The second-order valence-corrected chi connectivity index (χ2v) is 7.67. The first kappa shape index (κ1) is 21.4. The van der Waals surface area contributed by atoms with Crippen LogP contribution in [0, 0.1) is 0 Å². The van der Waals surface area contributed by atoms with Gasteiger partial charge in [0.05, 0.1) is 11.0 Å². The zero-order valence-electron chi connectivity index (χ0n) is 18.0. The van der Waals surface area contributed by atoms with Gasteiger partial charge < -0.3 is 14.2 Å². The Morgan fingerprint density at radius 1 is 0.828 bits per heavy atom. The molecule has 0 aliphatic rings. The molecule has 0 bridgehead atoms. The number of hydrogen-bond acceptors (Lipinski definition) is 3. The van der Waals surface area contributed by atoms with Crippen molar-refractivity contribution in [3.8, 4) is 5.75 Å². The van der Waals surface area contributed by atoms with Crippen molar-refractivity contribution >= 4 is 11.0 Å². The summed E-state index contributed by atoms with van der Waals surface area (Å²) in [5, 5.41) is 0. The van der Waals surface area contributed by atoms with Crippen molar-refractivity contribution in [3.05, 3.63) is 60.4 Å². The van der Waals surface area contributed by atoms with Gasteiger partial charge in [-0.2, -0.15) is 0 Å². The van der Waals surface area contributed by atoms with E-state index in [0.29, 0.717) is 6.61 Å². The lowest BCUT2D eigenvalue weighted by atomic mass is 10.2. The Morgan fingerprint density at radius 3 is 2.21 bits per heavy atom. The van der Waals surface area contributed by atoms with Crippen molar-refractivity contribution in [2.45, 2.75) is 59.1 Å². The van der Waals surface area contributed by atoms with E-state index >= 15 is 0 Å². The first-order chi connectivity index (χ1) is 14.3. The molecule has 0 aliphatic heterocycles. The highest BCUT2D eigenvalue weighted by molar-refractivity contribution is 5.75. The van der Waals surface area contributed by atoms with E-state index in [9.17, 15) is 0 Å². The SMILES string of the molecule is CCCCN(CCCC)CCCn1c(COc2ccccc2)nc2ccccc21. The summed E-state index contributed by atoms with van der Waals surface area (Å²) in [4.78, 5) is 7.48. The van der Waals surface area contributed by atoms with E-state index in [1.807, 2.05) is 30.3 Å². The summed E-state index contributed by atoms with van der Waals surface area (Å²) >= 11 is 0. The summed E-state index contributed by atoms with van der Waals surface area (Å²) in [5.41, 5.74) is 2.25. The minimum absolute atomic E-state index is 0.494. The number of unbranched alkanes of at least 4 members (excludes halogenated alkanes) is 2. The molecule has 0 N–H and O–H groups in total. The first-order valence-electron chi connectivity index (χ1n) is 11.2. The number of para-hydroxylation sites is 3. The van der Waals surface area contributed by atoms with Gasteiger partial charge in [-0.1, -0.05) is 57.0 Å². The van der Waals surface area contributed by atoms with Crippen LogP contribution in [0.2, 0.25) is 0 Å². The highest BCUT2D eigenvalue weighted by Crippen LogP contribution is 2.19. The van der Waals surface area contributed by atoms with E-state index in [4.69, 9.17) is 9.72 Å². The van der Waals surface area contributed by atoms with Crippen LogP contribution in [-0.2, 0) is 13.2 Å². The molecule has 3 aromatic rings. The molecule has 4 heteroatoms. The number of nitrogens with zero attached hydrogens (tertiary/aromatic N) is 3. The van der Waals surface area contributed by atoms with Crippen LogP contribution in [0.1, 0.15) is 51.8 Å². The van der Waals surface area contributed by atoms with Crippen LogP contribution in [-0.4, -0.2) is 34.1 Å². The van der Waals surface area contributed by atoms with Crippen molar-refractivity contribution in [2.24, 2.45) is 0 Å². The molecule has 2 aromatic carbocycles. The zero-order chi connectivity index (χ0) is 20.3. The first-order valence-corrected chi connectivity index (χ1v) is 11.2. The minimum Gasteiger partial charge on any atom is -0.486 e. The molecule has 0 amide bonds. The third kappa shape index (κ3) is 6.33. The van der Waals surface area contributed by atoms with E-state index in [1.165, 1.54) is 44.3 Å². The van der Waals surface area contributed by atoms with Crippen LogP contribution >= 0.6 is 0 Å². The molecule has 0 saturated carbocycles. The lowest BCUT2D eigenvalue weighted by Crippen LogP contribution is -2.28. The van der Waals surface area contributed by atoms with E-state index in [0.717, 1.165) is 36.6 Å². The molecular formula is C25H35N3O. The molecule has 29 heavy (non-hydrogen) atoms. The summed E-state index contributed by atoms with van der Waals surface area (Å²) < 4.78 is 8.35. The Labute approximate surface area is 175 Å². The Morgan fingerprint density at radius 2 is 1.48 bits per heavy atom. The smallest absolute Gasteiger partial charge is 0.147 e. The third-order valence-corrected chi connectivity index (χ3v) is 5.36. The van der Waals surface area contributed by atoms with Crippen LogP contribution in [0.25, 0.3) is 11.0 Å². The van der Waals surface area contributed by atoms with Gasteiger partial charge in [-0.05, 0) is 63.2 Å². The summed E-state index contributed by atoms with van der Waals surface area (Å²) in [6, 6.07) is 18.4. The van der Waals surface area contributed by atoms with Gasteiger partial charge in [0.1, 0.15) is 18.2 Å². The second kappa shape index (κ2) is 11.6. The lowest BCUT2D eigenvalue weighted by molar-refractivity contribution is 0.254. The Balaban J connectivity index is 1.66. The monoisotopic (exact) mass is 393 g/mol. The highest BCUT2D eigenvalue weighted by Gasteiger charge is 2.12. The van der Waals surface area contributed by atoms with Crippen molar-refractivity contribution in [3.63, 3.8) is 0 Å². The molecule has 1 heterocycles. The number of fused-ring (bicyclic) bond motifs is 1. The molecule has 0 saturated heterocycles. The Hall–Kier alpha value is -2.33. The number of benzene rings is 2. The zero-order valence-corrected chi connectivity index (χ0v) is 18.0. The maximum absolute atomic E-state index is 6.00. The number of rotatable bonds is 13. The third-order valence-electron chi connectivity index (χ3n) is 5.36. The van der Waals surface area contributed by atoms with E-state index in [1.54, 1.807) is 0 Å². The maximum Gasteiger partial charge on any atom is 0.147 e. The number of ether oxygens (including phenoxy) is 1. The molecule has 0 aliphatic carbocycles. The molecule has 0 radical (unpaired) electrons. The normalized spacial score (nSPS) is 11.4. The van der Waals surface area contributed by atoms with Gasteiger partial charge in [0.2, 0.25) is 0 Å². The second-order valence-electron chi connectivity index (χ2n) is 7.67. The minimum atomic E-state index is 0.494. The van der Waals surface area contributed by atoms with Gasteiger partial charge in [-0.25, -0.2) is 4.98 Å². The predicted octanol–water partition coefficient (Wildman–Crippen LogP) is 5.91. The fourth-order valence-corrected chi connectivity index (χ4v) is 3.70. The van der Waals surface area contributed by atoms with Crippen molar-refractivity contribution in [1.29, 1.82) is 0 Å². The van der Waals surface area contributed by atoms with Gasteiger partial charge in [0.25, 0.3) is 0 Å². The predicted molar refractivity (Wildman–Crippen MR) is 121 cm³/mol. The van der Waals surface area contributed by atoms with Gasteiger partial charge in [0, 0.05) is 6.54 Å². The van der Waals surface area contributed by atoms with Crippen LogP contribution < -0.4 is 4.74 Å². The molecule has 0 spiro atoms.